The lowest BCUT2D eigenvalue weighted by molar-refractivity contribution is 0.542. The Balaban J connectivity index is 2.58. The molecule has 0 spiro atoms. The first-order valence-electron chi connectivity index (χ1n) is 3.49. The highest BCUT2D eigenvalue weighted by Crippen LogP contribution is 2.22. The standard InChI is InChI=1S/C8H4INO2S/c9-6-4-2-1-3-5(6)7-10-13-8(11)12-7/h1-4H. The average Bonchev–Trinajstić information content (AvgIpc) is 2.53. The first kappa shape index (κ1) is 8.89. The molecular formula is C8H4INO2S. The van der Waals surface area contributed by atoms with Crippen molar-refractivity contribution in [2.45, 2.75) is 0 Å². The molecule has 0 bridgehead atoms. The Kier molecular flexibility index (Phi) is 2.45. The SMILES string of the molecule is O=c1oc(-c2ccccc2I)ns1. The summed E-state index contributed by atoms with van der Waals surface area (Å²) >= 11 is 3.01. The lowest BCUT2D eigenvalue weighted by Crippen LogP contribution is -1.84. The van der Waals surface area contributed by atoms with E-state index in [1.54, 1.807) is 0 Å². The van der Waals surface area contributed by atoms with E-state index in [-0.39, 0.29) is 4.94 Å². The van der Waals surface area contributed by atoms with Gasteiger partial charge >= 0.3 is 4.94 Å². The van der Waals surface area contributed by atoms with Crippen molar-refractivity contribution < 1.29 is 4.42 Å². The number of halogens is 1. The first-order valence-corrected chi connectivity index (χ1v) is 5.34. The number of hydrogen-bond acceptors (Lipinski definition) is 4. The molecule has 0 aliphatic heterocycles. The zero-order valence-corrected chi connectivity index (χ0v) is 9.33. The largest absolute Gasteiger partial charge is 0.414 e. The molecule has 66 valence electrons. The maximum absolute atomic E-state index is 10.8. The molecule has 5 heteroatoms. The van der Waals surface area contributed by atoms with E-state index in [2.05, 4.69) is 27.0 Å². The van der Waals surface area contributed by atoms with Crippen molar-refractivity contribution in [3.05, 3.63) is 37.6 Å². The van der Waals surface area contributed by atoms with Gasteiger partial charge in [-0.3, -0.25) is 0 Å². The molecule has 2 rings (SSSR count). The second-order valence-corrected chi connectivity index (χ2v) is 4.18. The van der Waals surface area contributed by atoms with Gasteiger partial charge in [-0.25, -0.2) is 4.79 Å². The molecule has 0 aliphatic rings. The van der Waals surface area contributed by atoms with Crippen molar-refractivity contribution >= 4 is 34.1 Å². The molecule has 0 aliphatic carbocycles. The van der Waals surface area contributed by atoms with Crippen LogP contribution in [0.4, 0.5) is 0 Å². The van der Waals surface area contributed by atoms with Gasteiger partial charge in [0.05, 0.1) is 17.1 Å². The van der Waals surface area contributed by atoms with Gasteiger partial charge in [-0.2, -0.15) is 0 Å². The molecule has 0 amide bonds. The van der Waals surface area contributed by atoms with Crippen molar-refractivity contribution in [3.63, 3.8) is 0 Å². The third kappa shape index (κ3) is 1.80. The Morgan fingerprint density at radius 2 is 2.15 bits per heavy atom. The third-order valence-electron chi connectivity index (χ3n) is 1.49. The smallest absolute Gasteiger partial charge is 0.394 e. The predicted octanol–water partition coefficient (Wildman–Crippen LogP) is 2.37. The summed E-state index contributed by atoms with van der Waals surface area (Å²) in [6, 6.07) is 7.63. The van der Waals surface area contributed by atoms with Crippen LogP contribution in [0.25, 0.3) is 11.5 Å². The minimum absolute atomic E-state index is 0.366. The minimum atomic E-state index is -0.366. The lowest BCUT2D eigenvalue weighted by atomic mass is 10.2. The molecule has 0 atom stereocenters. The van der Waals surface area contributed by atoms with Gasteiger partial charge in [-0.05, 0) is 34.7 Å². The molecule has 13 heavy (non-hydrogen) atoms. The summed E-state index contributed by atoms with van der Waals surface area (Å²) in [4.78, 5) is 10.4. The van der Waals surface area contributed by atoms with Crippen LogP contribution in [0.15, 0.2) is 33.5 Å². The van der Waals surface area contributed by atoms with Crippen molar-refractivity contribution in [3.8, 4) is 11.5 Å². The fourth-order valence-electron chi connectivity index (χ4n) is 0.934. The maximum Gasteiger partial charge on any atom is 0.414 e. The summed E-state index contributed by atoms with van der Waals surface area (Å²) in [5.41, 5.74) is 0.862. The summed E-state index contributed by atoms with van der Waals surface area (Å²) in [7, 11) is 0. The van der Waals surface area contributed by atoms with Gasteiger partial charge in [-0.1, -0.05) is 12.1 Å². The van der Waals surface area contributed by atoms with Crippen LogP contribution >= 0.6 is 34.1 Å². The molecule has 0 saturated carbocycles. The fourth-order valence-corrected chi connectivity index (χ4v) is 1.96. The van der Waals surface area contributed by atoms with Crippen LogP contribution in [0.2, 0.25) is 0 Å². The summed E-state index contributed by atoms with van der Waals surface area (Å²) in [6.07, 6.45) is 0. The highest BCUT2D eigenvalue weighted by molar-refractivity contribution is 14.1. The molecule has 0 saturated heterocycles. The Hall–Kier alpha value is -0.690. The summed E-state index contributed by atoms with van der Waals surface area (Å²) in [5.74, 6) is 0.403. The highest BCUT2D eigenvalue weighted by atomic mass is 127. The van der Waals surface area contributed by atoms with Crippen molar-refractivity contribution in [1.82, 2.24) is 4.37 Å². The van der Waals surface area contributed by atoms with E-state index in [4.69, 9.17) is 4.42 Å². The Morgan fingerprint density at radius 3 is 2.77 bits per heavy atom. The molecule has 0 radical (unpaired) electrons. The molecule has 1 aromatic heterocycles. The van der Waals surface area contributed by atoms with Gasteiger partial charge < -0.3 is 4.42 Å². The van der Waals surface area contributed by atoms with Crippen LogP contribution < -0.4 is 4.94 Å². The van der Waals surface area contributed by atoms with Crippen molar-refractivity contribution in [2.24, 2.45) is 0 Å². The molecule has 2 aromatic rings. The monoisotopic (exact) mass is 305 g/mol. The van der Waals surface area contributed by atoms with E-state index in [9.17, 15) is 4.79 Å². The Morgan fingerprint density at radius 1 is 1.38 bits per heavy atom. The van der Waals surface area contributed by atoms with E-state index in [1.165, 1.54) is 0 Å². The van der Waals surface area contributed by atoms with Crippen LogP contribution in [0.5, 0.6) is 0 Å². The van der Waals surface area contributed by atoms with E-state index in [0.717, 1.165) is 20.7 Å². The van der Waals surface area contributed by atoms with Crippen LogP contribution in [-0.2, 0) is 0 Å². The van der Waals surface area contributed by atoms with E-state index < -0.39 is 0 Å². The number of aromatic nitrogens is 1. The lowest BCUT2D eigenvalue weighted by Gasteiger charge is -1.96. The second-order valence-electron chi connectivity index (χ2n) is 2.32. The molecule has 1 heterocycles. The zero-order chi connectivity index (χ0) is 9.26. The summed E-state index contributed by atoms with van der Waals surface area (Å²) in [5, 5.41) is 0. The van der Waals surface area contributed by atoms with Gasteiger partial charge in [0.1, 0.15) is 0 Å². The van der Waals surface area contributed by atoms with Crippen molar-refractivity contribution in [1.29, 1.82) is 0 Å². The molecular weight excluding hydrogens is 301 g/mol. The highest BCUT2D eigenvalue weighted by Gasteiger charge is 2.07. The van der Waals surface area contributed by atoms with Crippen molar-refractivity contribution in [2.75, 3.05) is 0 Å². The van der Waals surface area contributed by atoms with E-state index in [1.807, 2.05) is 24.3 Å². The predicted molar refractivity (Wildman–Crippen MR) is 58.8 cm³/mol. The average molecular weight is 305 g/mol. The summed E-state index contributed by atoms with van der Waals surface area (Å²) < 4.78 is 9.82. The van der Waals surface area contributed by atoms with Gasteiger partial charge in [0.15, 0.2) is 0 Å². The minimum Gasteiger partial charge on any atom is -0.394 e. The summed E-state index contributed by atoms with van der Waals surface area (Å²) in [6.45, 7) is 0. The first-order chi connectivity index (χ1) is 6.27. The number of rotatable bonds is 1. The van der Waals surface area contributed by atoms with Gasteiger partial charge in [-0.15, -0.1) is 4.37 Å². The second kappa shape index (κ2) is 3.59. The van der Waals surface area contributed by atoms with Crippen LogP contribution in [0.3, 0.4) is 0 Å². The number of benzene rings is 1. The number of nitrogens with zero attached hydrogens (tertiary/aromatic N) is 1. The topological polar surface area (TPSA) is 43.1 Å². The molecule has 0 unspecified atom stereocenters. The van der Waals surface area contributed by atoms with E-state index in [0.29, 0.717) is 5.89 Å². The van der Waals surface area contributed by atoms with E-state index >= 15 is 0 Å². The normalized spacial score (nSPS) is 10.2. The van der Waals surface area contributed by atoms with Crippen LogP contribution in [0.1, 0.15) is 0 Å². The number of hydrogen-bond donors (Lipinski definition) is 0. The third-order valence-corrected chi connectivity index (χ3v) is 2.92. The maximum atomic E-state index is 10.8. The molecule has 0 N–H and O–H groups in total. The van der Waals surface area contributed by atoms with Crippen LogP contribution in [-0.4, -0.2) is 4.37 Å². The zero-order valence-electron chi connectivity index (χ0n) is 6.36. The van der Waals surface area contributed by atoms with Crippen LogP contribution in [0, 0.1) is 3.57 Å². The Labute approximate surface area is 91.7 Å². The fraction of sp³-hybridized carbons (Fsp3) is 0. The van der Waals surface area contributed by atoms with Gasteiger partial charge in [0.25, 0.3) is 0 Å². The molecule has 3 nitrogen and oxygen atoms in total. The molecule has 1 aromatic carbocycles. The molecule has 0 fully saturated rings. The van der Waals surface area contributed by atoms with Gasteiger partial charge in [0, 0.05) is 3.57 Å². The van der Waals surface area contributed by atoms with Gasteiger partial charge in [0.2, 0.25) is 5.89 Å². The Bertz CT molecular complexity index is 477. The quantitative estimate of drug-likeness (QED) is 0.760.